The minimum atomic E-state index is -0.269. The molecule has 1 heterocycles. The van der Waals surface area contributed by atoms with Crippen LogP contribution in [0.2, 0.25) is 0 Å². The van der Waals surface area contributed by atoms with E-state index in [1.807, 2.05) is 11.0 Å². The largest absolute Gasteiger partial charge is 0.369 e. The first-order valence-electron chi connectivity index (χ1n) is 11.1. The minimum absolute atomic E-state index is 0.0299. The van der Waals surface area contributed by atoms with Crippen LogP contribution < -0.4 is 16.4 Å². The predicted molar refractivity (Wildman–Crippen MR) is 116 cm³/mol. The van der Waals surface area contributed by atoms with Gasteiger partial charge in [-0.15, -0.1) is 0 Å². The Kier molecular flexibility index (Phi) is 8.03. The third-order valence-corrected chi connectivity index (χ3v) is 6.44. The number of benzene rings is 1. The van der Waals surface area contributed by atoms with Crippen LogP contribution in [0.3, 0.4) is 0 Å². The molecule has 0 bridgehead atoms. The molecule has 0 radical (unpaired) electrons. The molecule has 8 nitrogen and oxygen atoms in total. The average Bonchev–Trinajstić information content (AvgIpc) is 2.81. The minimum Gasteiger partial charge on any atom is -0.369 e. The van der Waals surface area contributed by atoms with Crippen molar-refractivity contribution in [1.29, 1.82) is 0 Å². The van der Waals surface area contributed by atoms with Crippen LogP contribution in [0, 0.1) is 17.8 Å². The van der Waals surface area contributed by atoms with Gasteiger partial charge in [-0.25, -0.2) is 0 Å². The van der Waals surface area contributed by atoms with Gasteiger partial charge in [0.05, 0.1) is 6.54 Å². The fourth-order valence-electron chi connectivity index (χ4n) is 4.43. The zero-order valence-electron chi connectivity index (χ0n) is 17.8. The molecule has 3 rings (SSSR count). The van der Waals surface area contributed by atoms with Gasteiger partial charge in [0.2, 0.25) is 17.7 Å². The van der Waals surface area contributed by atoms with E-state index >= 15 is 0 Å². The lowest BCUT2D eigenvalue weighted by atomic mass is 9.81. The highest BCUT2D eigenvalue weighted by Crippen LogP contribution is 2.31. The number of carbonyl (C=O) groups is 4. The summed E-state index contributed by atoms with van der Waals surface area (Å²) in [6.07, 6.45) is 4.74. The maximum absolute atomic E-state index is 12.8. The molecule has 2 fully saturated rings. The number of nitrogens with zero attached hydrogens (tertiary/aromatic N) is 1. The Hall–Kier alpha value is -2.90. The molecule has 168 valence electrons. The molecule has 4 amide bonds. The Morgan fingerprint density at radius 3 is 2.13 bits per heavy atom. The maximum Gasteiger partial charge on any atom is 0.251 e. The van der Waals surface area contributed by atoms with Crippen LogP contribution in [-0.4, -0.2) is 54.7 Å². The summed E-state index contributed by atoms with van der Waals surface area (Å²) in [4.78, 5) is 50.0. The first-order valence-corrected chi connectivity index (χ1v) is 11.1. The fraction of sp³-hybridized carbons (Fsp3) is 0.565. The lowest BCUT2D eigenvalue weighted by molar-refractivity contribution is -0.139. The van der Waals surface area contributed by atoms with E-state index in [1.54, 1.807) is 24.3 Å². The Balaban J connectivity index is 1.32. The first kappa shape index (κ1) is 22.8. The van der Waals surface area contributed by atoms with E-state index in [-0.39, 0.29) is 42.0 Å². The zero-order valence-corrected chi connectivity index (χ0v) is 17.8. The average molecular weight is 429 g/mol. The number of nitrogens with two attached hydrogens (primary N) is 1. The number of primary amides is 1. The van der Waals surface area contributed by atoms with Crippen molar-refractivity contribution in [3.63, 3.8) is 0 Å². The SMILES string of the molecule is NC(=O)C1CCN(C(=O)C2CCC(CNC(=O)CNC(=O)c3ccccc3)CC2)CC1. The van der Waals surface area contributed by atoms with Gasteiger partial charge in [-0.3, -0.25) is 19.2 Å². The highest BCUT2D eigenvalue weighted by molar-refractivity contribution is 5.96. The predicted octanol–water partition coefficient (Wildman–Crippen LogP) is 1.06. The van der Waals surface area contributed by atoms with Crippen molar-refractivity contribution in [3.05, 3.63) is 35.9 Å². The summed E-state index contributed by atoms with van der Waals surface area (Å²) in [6.45, 7) is 1.72. The summed E-state index contributed by atoms with van der Waals surface area (Å²) in [5, 5.41) is 5.51. The number of hydrogen-bond acceptors (Lipinski definition) is 4. The van der Waals surface area contributed by atoms with Crippen molar-refractivity contribution in [2.24, 2.45) is 23.5 Å². The Morgan fingerprint density at radius 1 is 0.871 bits per heavy atom. The molecule has 1 saturated heterocycles. The molecule has 1 aliphatic carbocycles. The van der Waals surface area contributed by atoms with Gasteiger partial charge >= 0.3 is 0 Å². The third-order valence-electron chi connectivity index (χ3n) is 6.44. The fourth-order valence-corrected chi connectivity index (χ4v) is 4.43. The second-order valence-corrected chi connectivity index (χ2v) is 8.57. The molecule has 8 heteroatoms. The molecular formula is C23H32N4O4. The number of rotatable bonds is 7. The van der Waals surface area contributed by atoms with Crippen molar-refractivity contribution in [2.45, 2.75) is 38.5 Å². The molecule has 31 heavy (non-hydrogen) atoms. The second kappa shape index (κ2) is 10.9. The van der Waals surface area contributed by atoms with Crippen LogP contribution in [-0.2, 0) is 14.4 Å². The van der Waals surface area contributed by atoms with Gasteiger partial charge in [-0.2, -0.15) is 0 Å². The van der Waals surface area contributed by atoms with Crippen molar-refractivity contribution in [3.8, 4) is 0 Å². The van der Waals surface area contributed by atoms with E-state index in [0.717, 1.165) is 25.7 Å². The lowest BCUT2D eigenvalue weighted by Gasteiger charge is -2.35. The van der Waals surface area contributed by atoms with Gasteiger partial charge in [0, 0.05) is 37.0 Å². The molecule has 0 unspecified atom stereocenters. The number of amides is 4. The van der Waals surface area contributed by atoms with Gasteiger partial charge in [0.15, 0.2) is 0 Å². The standard InChI is InChI=1S/C23H32N4O4/c24-21(29)17-10-12-27(13-11-17)23(31)19-8-6-16(7-9-19)14-25-20(28)15-26-22(30)18-4-2-1-3-5-18/h1-5,16-17,19H,6-15H2,(H2,24,29)(H,25,28)(H,26,30). The molecule has 0 aromatic heterocycles. The number of carbonyl (C=O) groups excluding carboxylic acids is 4. The Morgan fingerprint density at radius 2 is 1.52 bits per heavy atom. The highest BCUT2D eigenvalue weighted by Gasteiger charge is 2.32. The molecule has 1 aromatic rings. The van der Waals surface area contributed by atoms with Crippen LogP contribution in [0.4, 0.5) is 0 Å². The summed E-state index contributed by atoms with van der Waals surface area (Å²) in [6, 6.07) is 8.79. The Labute approximate surface area is 182 Å². The van der Waals surface area contributed by atoms with E-state index in [0.29, 0.717) is 44.0 Å². The van der Waals surface area contributed by atoms with Gasteiger partial charge in [0.1, 0.15) is 0 Å². The summed E-state index contributed by atoms with van der Waals surface area (Å²) in [5.74, 6) is -0.292. The molecule has 1 saturated carbocycles. The van der Waals surface area contributed by atoms with E-state index in [1.165, 1.54) is 0 Å². The van der Waals surface area contributed by atoms with E-state index in [9.17, 15) is 19.2 Å². The van der Waals surface area contributed by atoms with Gasteiger partial charge in [-0.05, 0) is 56.6 Å². The van der Waals surface area contributed by atoms with Gasteiger partial charge in [-0.1, -0.05) is 18.2 Å². The summed E-state index contributed by atoms with van der Waals surface area (Å²) in [5.41, 5.74) is 5.89. The molecule has 2 aliphatic rings. The number of likely N-dealkylation sites (tertiary alicyclic amines) is 1. The summed E-state index contributed by atoms with van der Waals surface area (Å²) >= 11 is 0. The third kappa shape index (κ3) is 6.54. The van der Waals surface area contributed by atoms with Crippen molar-refractivity contribution >= 4 is 23.6 Å². The summed E-state index contributed by atoms with van der Waals surface area (Å²) < 4.78 is 0. The van der Waals surface area contributed by atoms with Crippen LogP contribution >= 0.6 is 0 Å². The lowest BCUT2D eigenvalue weighted by Crippen LogP contribution is -2.45. The topological polar surface area (TPSA) is 122 Å². The smallest absolute Gasteiger partial charge is 0.251 e. The molecule has 0 spiro atoms. The first-order chi connectivity index (χ1) is 14.9. The van der Waals surface area contributed by atoms with Crippen molar-refractivity contribution in [2.75, 3.05) is 26.2 Å². The van der Waals surface area contributed by atoms with Gasteiger partial charge in [0.25, 0.3) is 5.91 Å². The highest BCUT2D eigenvalue weighted by atomic mass is 16.2. The van der Waals surface area contributed by atoms with Crippen LogP contribution in [0.5, 0.6) is 0 Å². The Bertz CT molecular complexity index is 782. The van der Waals surface area contributed by atoms with Crippen molar-refractivity contribution in [1.82, 2.24) is 15.5 Å². The molecule has 1 aliphatic heterocycles. The monoisotopic (exact) mass is 428 g/mol. The van der Waals surface area contributed by atoms with E-state index in [4.69, 9.17) is 5.73 Å². The number of piperidine rings is 1. The van der Waals surface area contributed by atoms with Crippen LogP contribution in [0.1, 0.15) is 48.9 Å². The van der Waals surface area contributed by atoms with E-state index in [2.05, 4.69) is 10.6 Å². The summed E-state index contributed by atoms with van der Waals surface area (Å²) in [7, 11) is 0. The molecular weight excluding hydrogens is 396 g/mol. The molecule has 1 aromatic carbocycles. The van der Waals surface area contributed by atoms with Crippen molar-refractivity contribution < 1.29 is 19.2 Å². The van der Waals surface area contributed by atoms with Crippen LogP contribution in [0.25, 0.3) is 0 Å². The van der Waals surface area contributed by atoms with Crippen LogP contribution in [0.15, 0.2) is 30.3 Å². The normalized spacial score (nSPS) is 21.9. The van der Waals surface area contributed by atoms with Gasteiger partial charge < -0.3 is 21.3 Å². The molecule has 4 N–H and O–H groups in total. The van der Waals surface area contributed by atoms with E-state index < -0.39 is 0 Å². The zero-order chi connectivity index (χ0) is 22.2. The maximum atomic E-state index is 12.8. The molecule has 0 atom stereocenters. The second-order valence-electron chi connectivity index (χ2n) is 8.57. The number of hydrogen-bond donors (Lipinski definition) is 3. The quantitative estimate of drug-likeness (QED) is 0.601. The number of nitrogens with one attached hydrogen (secondary N) is 2.